The van der Waals surface area contributed by atoms with Crippen molar-refractivity contribution in [2.75, 3.05) is 7.05 Å². The molecule has 0 heterocycles. The Bertz CT molecular complexity index is 523. The van der Waals surface area contributed by atoms with Crippen LogP contribution in [-0.2, 0) is 20.9 Å². The topological polar surface area (TPSA) is 76.1 Å². The molecule has 1 aromatic rings. The molecule has 0 spiro atoms. The molecule has 0 aliphatic heterocycles. The molecular weight excluding hydrogens is 286 g/mol. The molecule has 1 N–H and O–H groups in total. The smallest absolute Gasteiger partial charge is 0.412 e. The van der Waals surface area contributed by atoms with Crippen LogP contribution < -0.4 is 0 Å². The van der Waals surface area contributed by atoms with Crippen LogP contribution in [0.3, 0.4) is 0 Å². The third-order valence-electron chi connectivity index (χ3n) is 3.07. The van der Waals surface area contributed by atoms with Gasteiger partial charge in [-0.3, -0.25) is 4.90 Å². The third-order valence-corrected chi connectivity index (χ3v) is 3.07. The highest BCUT2D eigenvalue weighted by Crippen LogP contribution is 2.21. The van der Waals surface area contributed by atoms with Crippen LogP contribution in [0.5, 0.6) is 0 Å². The van der Waals surface area contributed by atoms with Crippen molar-refractivity contribution in [3.05, 3.63) is 35.9 Å². The van der Waals surface area contributed by atoms with E-state index in [-0.39, 0.29) is 6.61 Å². The normalized spacial score (nSPS) is 14.0. The zero-order valence-electron chi connectivity index (χ0n) is 13.6. The summed E-state index contributed by atoms with van der Waals surface area (Å²) < 4.78 is 10.7. The van der Waals surface area contributed by atoms with Crippen molar-refractivity contribution < 1.29 is 24.2 Å². The molecule has 1 aromatic carbocycles. The fraction of sp³-hybridized carbons (Fsp3) is 0.500. The number of aliphatic carboxylic acids is 1. The summed E-state index contributed by atoms with van der Waals surface area (Å²) in [5, 5.41) is 9.45. The van der Waals surface area contributed by atoms with Crippen molar-refractivity contribution in [3.8, 4) is 0 Å². The van der Waals surface area contributed by atoms with Crippen molar-refractivity contribution in [2.45, 2.75) is 45.6 Å². The molecule has 22 heavy (non-hydrogen) atoms. The Labute approximate surface area is 130 Å². The third kappa shape index (κ3) is 4.73. The molecule has 0 aliphatic carbocycles. The highest BCUT2D eigenvalue weighted by molar-refractivity contribution is 5.82. The van der Waals surface area contributed by atoms with E-state index in [9.17, 15) is 14.7 Å². The molecule has 0 fully saturated rings. The van der Waals surface area contributed by atoms with Gasteiger partial charge in [0.25, 0.3) is 0 Å². The van der Waals surface area contributed by atoms with E-state index in [4.69, 9.17) is 9.47 Å². The fourth-order valence-electron chi connectivity index (χ4n) is 1.60. The van der Waals surface area contributed by atoms with Gasteiger partial charge in [-0.05, 0) is 33.3 Å². The molecule has 6 nitrogen and oxygen atoms in total. The highest BCUT2D eigenvalue weighted by atomic mass is 16.6. The van der Waals surface area contributed by atoms with Crippen molar-refractivity contribution in [2.24, 2.45) is 0 Å². The molecule has 0 bridgehead atoms. The molecule has 0 aromatic heterocycles. The Morgan fingerprint density at radius 1 is 1.14 bits per heavy atom. The second-order valence-corrected chi connectivity index (χ2v) is 6.10. The van der Waals surface area contributed by atoms with Crippen molar-refractivity contribution in [1.82, 2.24) is 4.90 Å². The van der Waals surface area contributed by atoms with E-state index in [1.54, 1.807) is 20.8 Å². The largest absolute Gasteiger partial charge is 0.478 e. The maximum atomic E-state index is 12.1. The van der Waals surface area contributed by atoms with Crippen molar-refractivity contribution >= 4 is 12.1 Å². The molecule has 6 heteroatoms. The van der Waals surface area contributed by atoms with Gasteiger partial charge < -0.3 is 14.6 Å². The summed E-state index contributed by atoms with van der Waals surface area (Å²) in [5.74, 6) is -1.27. The quantitative estimate of drug-likeness (QED) is 0.846. The summed E-state index contributed by atoms with van der Waals surface area (Å²) in [7, 11) is 1.34. The van der Waals surface area contributed by atoms with Crippen LogP contribution in [0.25, 0.3) is 0 Å². The monoisotopic (exact) mass is 309 g/mol. The Kier molecular flexibility index (Phi) is 5.54. The second kappa shape index (κ2) is 6.79. The van der Waals surface area contributed by atoms with E-state index in [0.717, 1.165) is 10.5 Å². The number of carboxylic acids is 1. The zero-order chi connectivity index (χ0) is 17.0. The van der Waals surface area contributed by atoms with E-state index in [1.165, 1.54) is 14.0 Å². The number of likely N-dealkylation sites (N-methyl/N-ethyl adjacent to an activating group) is 1. The Balaban J connectivity index is 2.85. The van der Waals surface area contributed by atoms with Crippen LogP contribution in [0.15, 0.2) is 30.3 Å². The first-order chi connectivity index (χ1) is 10.1. The number of carboxylic acid groups (broad SMARTS) is 1. The first-order valence-corrected chi connectivity index (χ1v) is 6.94. The van der Waals surface area contributed by atoms with Crippen LogP contribution in [0.2, 0.25) is 0 Å². The minimum Gasteiger partial charge on any atom is -0.478 e. The molecule has 1 atom stereocenters. The minimum atomic E-state index is -1.82. The van der Waals surface area contributed by atoms with Gasteiger partial charge in [-0.15, -0.1) is 0 Å². The van der Waals surface area contributed by atoms with Crippen LogP contribution in [0.1, 0.15) is 33.3 Å². The number of hydrogen-bond donors (Lipinski definition) is 1. The molecule has 1 rings (SSSR count). The van der Waals surface area contributed by atoms with E-state index in [2.05, 4.69) is 0 Å². The molecule has 0 saturated heterocycles. The Morgan fingerprint density at radius 3 is 2.14 bits per heavy atom. The van der Waals surface area contributed by atoms with E-state index in [1.807, 2.05) is 30.3 Å². The first kappa shape index (κ1) is 18.0. The highest BCUT2D eigenvalue weighted by Gasteiger charge is 2.43. The molecule has 0 aliphatic rings. The van der Waals surface area contributed by atoms with Gasteiger partial charge in [-0.1, -0.05) is 30.3 Å². The standard InChI is InChI=1S/C16H23NO5/c1-15(2,3)22-14(20)17(5)16(4,13(18)19)21-11-12-9-7-6-8-10-12/h6-10H,11H2,1-5H3,(H,18,19). The lowest BCUT2D eigenvalue weighted by Gasteiger charge is -2.35. The van der Waals surface area contributed by atoms with E-state index < -0.39 is 23.4 Å². The van der Waals surface area contributed by atoms with Crippen LogP contribution in [-0.4, -0.2) is 40.4 Å². The van der Waals surface area contributed by atoms with E-state index in [0.29, 0.717) is 0 Å². The summed E-state index contributed by atoms with van der Waals surface area (Å²) in [6.45, 7) is 6.52. The minimum absolute atomic E-state index is 0.0662. The number of rotatable bonds is 5. The average molecular weight is 309 g/mol. The molecule has 1 unspecified atom stereocenters. The number of amides is 1. The number of ether oxygens (including phenoxy) is 2. The van der Waals surface area contributed by atoms with Crippen LogP contribution in [0.4, 0.5) is 4.79 Å². The Morgan fingerprint density at radius 2 is 1.68 bits per heavy atom. The van der Waals surface area contributed by atoms with Gasteiger partial charge in [0.05, 0.1) is 6.61 Å². The average Bonchev–Trinajstić information content (AvgIpc) is 2.43. The molecular formula is C16H23NO5. The summed E-state index contributed by atoms with van der Waals surface area (Å²) in [4.78, 5) is 24.6. The van der Waals surface area contributed by atoms with Crippen LogP contribution in [0, 0.1) is 0 Å². The van der Waals surface area contributed by atoms with Gasteiger partial charge in [0.15, 0.2) is 0 Å². The summed E-state index contributed by atoms with van der Waals surface area (Å²) in [5.41, 5.74) is -1.73. The zero-order valence-corrected chi connectivity index (χ0v) is 13.6. The van der Waals surface area contributed by atoms with Gasteiger partial charge >= 0.3 is 12.1 Å². The molecule has 122 valence electrons. The number of hydrogen-bond acceptors (Lipinski definition) is 4. The van der Waals surface area contributed by atoms with Gasteiger partial charge in [0.2, 0.25) is 5.72 Å². The number of carbonyl (C=O) groups is 2. The summed E-state index contributed by atoms with van der Waals surface area (Å²) in [6.07, 6.45) is -0.759. The SMILES string of the molecule is CN(C(=O)OC(C)(C)C)C(C)(OCc1ccccc1)C(=O)O. The first-order valence-electron chi connectivity index (χ1n) is 6.94. The lowest BCUT2D eigenvalue weighted by molar-refractivity contribution is -0.189. The van der Waals surface area contributed by atoms with Crippen LogP contribution >= 0.6 is 0 Å². The summed E-state index contributed by atoms with van der Waals surface area (Å²) >= 11 is 0. The summed E-state index contributed by atoms with van der Waals surface area (Å²) in [6, 6.07) is 9.14. The van der Waals surface area contributed by atoms with Crippen molar-refractivity contribution in [1.29, 1.82) is 0 Å². The number of nitrogens with zero attached hydrogens (tertiary/aromatic N) is 1. The number of carbonyl (C=O) groups excluding carboxylic acids is 1. The molecule has 0 radical (unpaired) electrons. The number of benzene rings is 1. The lowest BCUT2D eigenvalue weighted by atomic mass is 10.2. The van der Waals surface area contributed by atoms with Crippen molar-refractivity contribution in [3.63, 3.8) is 0 Å². The fourth-order valence-corrected chi connectivity index (χ4v) is 1.60. The maximum absolute atomic E-state index is 12.1. The second-order valence-electron chi connectivity index (χ2n) is 6.10. The Hall–Kier alpha value is -2.08. The predicted molar refractivity (Wildman–Crippen MR) is 81.3 cm³/mol. The van der Waals surface area contributed by atoms with Gasteiger partial charge in [-0.2, -0.15) is 0 Å². The molecule has 1 amide bonds. The van der Waals surface area contributed by atoms with Gasteiger partial charge in [0.1, 0.15) is 5.60 Å². The van der Waals surface area contributed by atoms with E-state index >= 15 is 0 Å². The predicted octanol–water partition coefficient (Wildman–Crippen LogP) is 2.87. The van der Waals surface area contributed by atoms with Gasteiger partial charge in [-0.25, -0.2) is 9.59 Å². The molecule has 0 saturated carbocycles. The lowest BCUT2D eigenvalue weighted by Crippen LogP contribution is -2.55. The van der Waals surface area contributed by atoms with Gasteiger partial charge in [0, 0.05) is 7.05 Å². The maximum Gasteiger partial charge on any atom is 0.412 e.